The molecule has 0 aliphatic carbocycles. The minimum absolute atomic E-state index is 0.234. The molecule has 1 aromatic carbocycles. The number of rotatable bonds is 4. The summed E-state index contributed by atoms with van der Waals surface area (Å²) < 4.78 is 40.3. The Bertz CT molecular complexity index is 402. The molecule has 6 heteroatoms. The fraction of sp³-hybridized carbons (Fsp3) is 0.273. The summed E-state index contributed by atoms with van der Waals surface area (Å²) >= 11 is 6.47. The van der Waals surface area contributed by atoms with Crippen molar-refractivity contribution in [1.29, 1.82) is 0 Å². The highest BCUT2D eigenvalue weighted by molar-refractivity contribution is 9.10. The first kappa shape index (κ1) is 14.6. The molecule has 1 aromatic rings. The van der Waals surface area contributed by atoms with Crippen LogP contribution in [-0.4, -0.2) is 11.7 Å². The van der Waals surface area contributed by atoms with Crippen molar-refractivity contribution in [3.05, 3.63) is 34.3 Å². The zero-order valence-corrected chi connectivity index (χ0v) is 11.8. The molecule has 1 rings (SSSR count). The predicted octanol–water partition coefficient (Wildman–Crippen LogP) is 5.15. The maximum Gasteiger partial charge on any atom is 0.573 e. The number of ether oxygens (including phenoxy) is 1. The van der Waals surface area contributed by atoms with Gasteiger partial charge >= 0.3 is 6.36 Å². The van der Waals surface area contributed by atoms with Crippen molar-refractivity contribution >= 4 is 37.9 Å². The standard InChI is InChI=1S/C11H9Br2F3O/c12-6-2-1-3-8-4-5-9(7-10(8)13)17-11(14,15)16/h1,3-5,7H,2,6H2. The van der Waals surface area contributed by atoms with Crippen molar-refractivity contribution in [3.8, 4) is 5.75 Å². The number of hydrogen-bond donors (Lipinski definition) is 0. The Labute approximate surface area is 114 Å². The van der Waals surface area contributed by atoms with E-state index in [0.29, 0.717) is 4.47 Å². The van der Waals surface area contributed by atoms with Gasteiger partial charge in [-0.3, -0.25) is 0 Å². The first-order valence-corrected chi connectivity index (χ1v) is 6.61. The average Bonchev–Trinajstić information content (AvgIpc) is 2.19. The molecule has 1 nitrogen and oxygen atoms in total. The van der Waals surface area contributed by atoms with Crippen LogP contribution in [0.4, 0.5) is 13.2 Å². The molecular formula is C11H9Br2F3O. The molecule has 0 unspecified atom stereocenters. The van der Waals surface area contributed by atoms with E-state index < -0.39 is 6.36 Å². The topological polar surface area (TPSA) is 9.23 Å². The van der Waals surface area contributed by atoms with Gasteiger partial charge in [0.2, 0.25) is 0 Å². The van der Waals surface area contributed by atoms with Gasteiger partial charge in [-0.1, -0.05) is 50.1 Å². The summed E-state index contributed by atoms with van der Waals surface area (Å²) in [4.78, 5) is 0. The zero-order chi connectivity index (χ0) is 12.9. The maximum atomic E-state index is 12.0. The Morgan fingerprint density at radius 3 is 2.53 bits per heavy atom. The van der Waals surface area contributed by atoms with E-state index in [4.69, 9.17) is 0 Å². The van der Waals surface area contributed by atoms with E-state index in [1.54, 1.807) is 6.07 Å². The van der Waals surface area contributed by atoms with E-state index >= 15 is 0 Å². The first-order valence-electron chi connectivity index (χ1n) is 4.70. The van der Waals surface area contributed by atoms with E-state index in [1.165, 1.54) is 12.1 Å². The molecule has 0 atom stereocenters. The molecule has 0 radical (unpaired) electrons. The molecule has 0 aromatic heterocycles. The summed E-state index contributed by atoms with van der Waals surface area (Å²) in [6.45, 7) is 0. The minimum atomic E-state index is -4.66. The number of alkyl halides is 4. The number of benzene rings is 1. The van der Waals surface area contributed by atoms with Crippen LogP contribution in [0.1, 0.15) is 12.0 Å². The van der Waals surface area contributed by atoms with Gasteiger partial charge in [-0.15, -0.1) is 13.2 Å². The van der Waals surface area contributed by atoms with E-state index in [0.717, 1.165) is 17.3 Å². The van der Waals surface area contributed by atoms with Gasteiger partial charge in [0.25, 0.3) is 0 Å². The third-order valence-corrected chi connectivity index (χ3v) is 2.92. The van der Waals surface area contributed by atoms with Crippen LogP contribution in [0.15, 0.2) is 28.7 Å². The Morgan fingerprint density at radius 1 is 1.29 bits per heavy atom. The predicted molar refractivity (Wildman–Crippen MR) is 68.3 cm³/mol. The molecule has 0 heterocycles. The molecule has 0 amide bonds. The van der Waals surface area contributed by atoms with Gasteiger partial charge in [0.15, 0.2) is 0 Å². The quantitative estimate of drug-likeness (QED) is 0.663. The fourth-order valence-electron chi connectivity index (χ4n) is 1.11. The largest absolute Gasteiger partial charge is 0.573 e. The molecule has 94 valence electrons. The second-order valence-electron chi connectivity index (χ2n) is 3.11. The Balaban J connectivity index is 2.79. The number of halogens is 5. The van der Waals surface area contributed by atoms with E-state index in [2.05, 4.69) is 36.6 Å². The zero-order valence-electron chi connectivity index (χ0n) is 8.60. The third-order valence-electron chi connectivity index (χ3n) is 1.78. The number of allylic oxidation sites excluding steroid dienone is 1. The molecular weight excluding hydrogens is 365 g/mol. The second kappa shape index (κ2) is 6.44. The minimum Gasteiger partial charge on any atom is -0.406 e. The summed E-state index contributed by atoms with van der Waals surface area (Å²) in [6, 6.07) is 4.14. The monoisotopic (exact) mass is 372 g/mol. The summed E-state index contributed by atoms with van der Waals surface area (Å²) in [5, 5.41) is 0.844. The lowest BCUT2D eigenvalue weighted by Crippen LogP contribution is -2.17. The lowest BCUT2D eigenvalue weighted by molar-refractivity contribution is -0.274. The summed E-state index contributed by atoms with van der Waals surface area (Å²) in [6.07, 6.45) is -0.0398. The Kier molecular flexibility index (Phi) is 5.52. The smallest absolute Gasteiger partial charge is 0.406 e. The summed E-state index contributed by atoms with van der Waals surface area (Å²) in [5.41, 5.74) is 0.806. The summed E-state index contributed by atoms with van der Waals surface area (Å²) in [5.74, 6) is -0.234. The third kappa shape index (κ3) is 5.59. The lowest BCUT2D eigenvalue weighted by atomic mass is 10.2. The van der Waals surface area contributed by atoms with Gasteiger partial charge in [-0.05, 0) is 24.1 Å². The molecule has 0 fully saturated rings. The fourth-order valence-corrected chi connectivity index (χ4v) is 1.87. The highest BCUT2D eigenvalue weighted by atomic mass is 79.9. The highest BCUT2D eigenvalue weighted by Crippen LogP contribution is 2.28. The second-order valence-corrected chi connectivity index (χ2v) is 4.76. The van der Waals surface area contributed by atoms with Crippen molar-refractivity contribution in [2.45, 2.75) is 12.8 Å². The Hall–Kier alpha value is -0.490. The van der Waals surface area contributed by atoms with Crippen molar-refractivity contribution in [2.75, 3.05) is 5.33 Å². The molecule has 17 heavy (non-hydrogen) atoms. The van der Waals surface area contributed by atoms with Crippen molar-refractivity contribution < 1.29 is 17.9 Å². The molecule has 0 saturated heterocycles. The molecule has 0 aliphatic rings. The first-order chi connectivity index (χ1) is 7.92. The van der Waals surface area contributed by atoms with Crippen molar-refractivity contribution in [2.24, 2.45) is 0 Å². The van der Waals surface area contributed by atoms with Gasteiger partial charge in [0, 0.05) is 9.80 Å². The lowest BCUT2D eigenvalue weighted by Gasteiger charge is -2.09. The van der Waals surface area contributed by atoms with Crippen LogP contribution in [0.3, 0.4) is 0 Å². The van der Waals surface area contributed by atoms with E-state index in [-0.39, 0.29) is 5.75 Å². The van der Waals surface area contributed by atoms with Crippen LogP contribution in [0, 0.1) is 0 Å². The normalized spacial score (nSPS) is 12.1. The van der Waals surface area contributed by atoms with Gasteiger partial charge in [0.05, 0.1) is 0 Å². The van der Waals surface area contributed by atoms with Crippen LogP contribution < -0.4 is 4.74 Å². The van der Waals surface area contributed by atoms with Crippen LogP contribution in [0.25, 0.3) is 6.08 Å². The van der Waals surface area contributed by atoms with Gasteiger partial charge in [-0.2, -0.15) is 0 Å². The highest BCUT2D eigenvalue weighted by Gasteiger charge is 2.31. The van der Waals surface area contributed by atoms with Crippen LogP contribution in [0.2, 0.25) is 0 Å². The van der Waals surface area contributed by atoms with Crippen molar-refractivity contribution in [3.63, 3.8) is 0 Å². The van der Waals surface area contributed by atoms with Crippen LogP contribution >= 0.6 is 31.9 Å². The van der Waals surface area contributed by atoms with Gasteiger partial charge < -0.3 is 4.74 Å². The Morgan fingerprint density at radius 2 is 2.00 bits per heavy atom. The van der Waals surface area contributed by atoms with Crippen LogP contribution in [-0.2, 0) is 0 Å². The SMILES string of the molecule is FC(F)(F)Oc1ccc(C=CCCBr)c(Br)c1. The van der Waals surface area contributed by atoms with Gasteiger partial charge in [0.1, 0.15) is 5.75 Å². The summed E-state index contributed by atoms with van der Waals surface area (Å²) in [7, 11) is 0. The molecule has 0 saturated carbocycles. The van der Waals surface area contributed by atoms with Crippen molar-refractivity contribution in [1.82, 2.24) is 0 Å². The molecule has 0 bridgehead atoms. The van der Waals surface area contributed by atoms with Gasteiger partial charge in [-0.25, -0.2) is 0 Å². The van der Waals surface area contributed by atoms with Crippen LogP contribution in [0.5, 0.6) is 5.75 Å². The molecule has 0 N–H and O–H groups in total. The molecule has 0 aliphatic heterocycles. The van der Waals surface area contributed by atoms with E-state index in [9.17, 15) is 13.2 Å². The maximum absolute atomic E-state index is 12.0. The number of hydrogen-bond acceptors (Lipinski definition) is 1. The average molecular weight is 374 g/mol. The van der Waals surface area contributed by atoms with E-state index in [1.807, 2.05) is 12.2 Å². The molecule has 0 spiro atoms.